The largest absolute Gasteiger partial charge is 0.351 e. The Hall–Kier alpha value is -1.01. The molecule has 6 heteroatoms. The number of rotatable bonds is 5. The summed E-state index contributed by atoms with van der Waals surface area (Å²) in [5, 5.41) is 2.87. The van der Waals surface area contributed by atoms with E-state index in [0.717, 1.165) is 0 Å². The molecule has 1 aromatic carbocycles. The second-order valence-electron chi connectivity index (χ2n) is 5.44. The molecule has 1 N–H and O–H groups in total. The molecule has 1 aromatic rings. The summed E-state index contributed by atoms with van der Waals surface area (Å²) < 4.78 is 22.8. The topological polar surface area (TPSA) is 63.2 Å². The summed E-state index contributed by atoms with van der Waals surface area (Å²) in [6.45, 7) is 3.94. The maximum absolute atomic E-state index is 12.2. The van der Waals surface area contributed by atoms with Crippen molar-refractivity contribution in [3.05, 3.63) is 35.9 Å². The molecule has 1 heterocycles. The first-order valence-electron chi connectivity index (χ1n) is 7.08. The SMILES string of the molecule is C[C@H](S[C@H](C)c1ccccc1)C(=O)N[C@@H]1CCS(=O)(=O)C1. The predicted octanol–water partition coefficient (Wildman–Crippen LogP) is 2.17. The highest BCUT2D eigenvalue weighted by Crippen LogP contribution is 2.31. The molecule has 0 radical (unpaired) electrons. The van der Waals surface area contributed by atoms with Gasteiger partial charge >= 0.3 is 0 Å². The van der Waals surface area contributed by atoms with Crippen LogP contribution in [-0.2, 0) is 14.6 Å². The van der Waals surface area contributed by atoms with Crippen LogP contribution < -0.4 is 5.32 Å². The summed E-state index contributed by atoms with van der Waals surface area (Å²) in [6.07, 6.45) is 0.527. The van der Waals surface area contributed by atoms with Gasteiger partial charge in [-0.15, -0.1) is 11.8 Å². The van der Waals surface area contributed by atoms with Crippen LogP contribution in [0.1, 0.15) is 31.1 Å². The highest BCUT2D eigenvalue weighted by atomic mass is 32.2. The molecule has 1 aliphatic heterocycles. The first-order chi connectivity index (χ1) is 9.87. The van der Waals surface area contributed by atoms with Crippen LogP contribution in [0.4, 0.5) is 0 Å². The molecular formula is C15H21NO3S2. The Morgan fingerprint density at radius 2 is 1.95 bits per heavy atom. The number of nitrogens with one attached hydrogen (secondary N) is 1. The van der Waals surface area contributed by atoms with E-state index in [-0.39, 0.29) is 34.0 Å². The van der Waals surface area contributed by atoms with Crippen LogP contribution in [0.5, 0.6) is 0 Å². The van der Waals surface area contributed by atoms with Crippen molar-refractivity contribution in [2.75, 3.05) is 11.5 Å². The standard InChI is InChI=1S/C15H21NO3S2/c1-11(13-6-4-3-5-7-13)20-12(2)15(17)16-14-8-9-21(18,19)10-14/h3-7,11-12,14H,8-10H2,1-2H3,(H,16,17)/t11-,12+,14-/m1/s1. The van der Waals surface area contributed by atoms with E-state index >= 15 is 0 Å². The zero-order valence-electron chi connectivity index (χ0n) is 12.3. The molecule has 3 atom stereocenters. The van der Waals surface area contributed by atoms with Crippen LogP contribution >= 0.6 is 11.8 Å². The molecule has 116 valence electrons. The third-order valence-electron chi connectivity index (χ3n) is 3.63. The summed E-state index contributed by atoms with van der Waals surface area (Å²) in [5.74, 6) is 0.175. The van der Waals surface area contributed by atoms with Crippen molar-refractivity contribution in [1.82, 2.24) is 5.32 Å². The molecule has 1 amide bonds. The zero-order chi connectivity index (χ0) is 15.5. The zero-order valence-corrected chi connectivity index (χ0v) is 13.9. The summed E-state index contributed by atoms with van der Waals surface area (Å²) in [4.78, 5) is 12.2. The molecule has 0 bridgehead atoms. The third kappa shape index (κ3) is 4.74. The van der Waals surface area contributed by atoms with Crippen LogP contribution in [0, 0.1) is 0 Å². The minimum atomic E-state index is -2.95. The normalized spacial score (nSPS) is 23.4. The van der Waals surface area contributed by atoms with Gasteiger partial charge < -0.3 is 5.32 Å². The fourth-order valence-corrected chi connectivity index (χ4v) is 5.19. The van der Waals surface area contributed by atoms with Crippen LogP contribution in [0.25, 0.3) is 0 Å². The van der Waals surface area contributed by atoms with Gasteiger partial charge in [-0.25, -0.2) is 8.42 Å². The Labute approximate surface area is 130 Å². The fraction of sp³-hybridized carbons (Fsp3) is 0.533. The molecule has 0 aliphatic carbocycles. The van der Waals surface area contributed by atoms with Gasteiger partial charge in [-0.3, -0.25) is 4.79 Å². The van der Waals surface area contributed by atoms with Crippen LogP contribution in [0.3, 0.4) is 0 Å². The Morgan fingerprint density at radius 3 is 2.52 bits per heavy atom. The number of amides is 1. The second kappa shape index (κ2) is 6.83. The van der Waals surface area contributed by atoms with E-state index in [1.54, 1.807) is 11.8 Å². The van der Waals surface area contributed by atoms with Crippen molar-refractivity contribution in [1.29, 1.82) is 0 Å². The number of sulfone groups is 1. The molecular weight excluding hydrogens is 306 g/mol. The molecule has 21 heavy (non-hydrogen) atoms. The van der Waals surface area contributed by atoms with E-state index in [2.05, 4.69) is 12.2 Å². The van der Waals surface area contributed by atoms with Gasteiger partial charge in [0.05, 0.1) is 16.8 Å². The van der Waals surface area contributed by atoms with Gasteiger partial charge in [0.15, 0.2) is 9.84 Å². The molecule has 0 saturated carbocycles. The predicted molar refractivity (Wildman–Crippen MR) is 87.1 cm³/mol. The summed E-state index contributed by atoms with van der Waals surface area (Å²) in [7, 11) is -2.95. The minimum absolute atomic E-state index is 0.0738. The molecule has 2 rings (SSSR count). The molecule has 0 aromatic heterocycles. The first kappa shape index (κ1) is 16.4. The maximum atomic E-state index is 12.2. The van der Waals surface area contributed by atoms with Gasteiger partial charge in [-0.1, -0.05) is 30.3 Å². The smallest absolute Gasteiger partial charge is 0.233 e. The van der Waals surface area contributed by atoms with E-state index in [1.165, 1.54) is 5.56 Å². The second-order valence-corrected chi connectivity index (χ2v) is 9.35. The van der Waals surface area contributed by atoms with Gasteiger partial charge in [0.1, 0.15) is 0 Å². The van der Waals surface area contributed by atoms with E-state index in [9.17, 15) is 13.2 Å². The van der Waals surface area contributed by atoms with Crippen molar-refractivity contribution < 1.29 is 13.2 Å². The minimum Gasteiger partial charge on any atom is -0.351 e. The van der Waals surface area contributed by atoms with Gasteiger partial charge in [0.25, 0.3) is 0 Å². The van der Waals surface area contributed by atoms with Crippen LogP contribution in [0.15, 0.2) is 30.3 Å². The monoisotopic (exact) mass is 327 g/mol. The average Bonchev–Trinajstić information content (AvgIpc) is 2.78. The number of thioether (sulfide) groups is 1. The Bertz CT molecular complexity index is 586. The van der Waals surface area contributed by atoms with Gasteiger partial charge in [-0.2, -0.15) is 0 Å². The highest BCUT2D eigenvalue weighted by Gasteiger charge is 2.30. The first-order valence-corrected chi connectivity index (χ1v) is 9.85. The molecule has 0 unspecified atom stereocenters. The Balaban J connectivity index is 1.85. The van der Waals surface area contributed by atoms with Crippen LogP contribution in [-0.4, -0.2) is 37.1 Å². The molecule has 4 nitrogen and oxygen atoms in total. The quantitative estimate of drug-likeness (QED) is 0.900. The van der Waals surface area contributed by atoms with E-state index < -0.39 is 9.84 Å². The average molecular weight is 327 g/mol. The van der Waals surface area contributed by atoms with Gasteiger partial charge in [0, 0.05) is 11.3 Å². The van der Waals surface area contributed by atoms with Crippen LogP contribution in [0.2, 0.25) is 0 Å². The Kier molecular flexibility index (Phi) is 5.32. The summed E-state index contributed by atoms with van der Waals surface area (Å²) in [5.41, 5.74) is 1.19. The lowest BCUT2D eigenvalue weighted by Gasteiger charge is -2.19. The van der Waals surface area contributed by atoms with Crippen molar-refractivity contribution in [3.8, 4) is 0 Å². The van der Waals surface area contributed by atoms with Crippen molar-refractivity contribution in [2.24, 2.45) is 0 Å². The number of hydrogen-bond acceptors (Lipinski definition) is 4. The molecule has 0 spiro atoms. The van der Waals surface area contributed by atoms with Crippen molar-refractivity contribution in [2.45, 2.75) is 36.8 Å². The van der Waals surface area contributed by atoms with E-state index in [4.69, 9.17) is 0 Å². The van der Waals surface area contributed by atoms with Gasteiger partial charge in [-0.05, 0) is 25.8 Å². The third-order valence-corrected chi connectivity index (χ3v) is 6.70. The fourth-order valence-electron chi connectivity index (χ4n) is 2.40. The molecule has 1 fully saturated rings. The van der Waals surface area contributed by atoms with E-state index in [1.807, 2.05) is 37.3 Å². The van der Waals surface area contributed by atoms with Gasteiger partial charge in [0.2, 0.25) is 5.91 Å². The number of carbonyl (C=O) groups excluding carboxylic acids is 1. The molecule has 1 saturated heterocycles. The lowest BCUT2D eigenvalue weighted by molar-refractivity contribution is -0.120. The van der Waals surface area contributed by atoms with E-state index in [0.29, 0.717) is 6.42 Å². The van der Waals surface area contributed by atoms with Crippen molar-refractivity contribution >= 4 is 27.5 Å². The molecule has 1 aliphatic rings. The number of carbonyl (C=O) groups is 1. The lowest BCUT2D eigenvalue weighted by atomic mass is 10.2. The number of benzene rings is 1. The number of hydrogen-bond donors (Lipinski definition) is 1. The lowest BCUT2D eigenvalue weighted by Crippen LogP contribution is -2.40. The summed E-state index contributed by atoms with van der Waals surface area (Å²) in [6, 6.07) is 9.81. The summed E-state index contributed by atoms with van der Waals surface area (Å²) >= 11 is 1.58. The van der Waals surface area contributed by atoms with Crippen molar-refractivity contribution in [3.63, 3.8) is 0 Å². The Morgan fingerprint density at radius 1 is 1.29 bits per heavy atom. The maximum Gasteiger partial charge on any atom is 0.233 e. The highest BCUT2D eigenvalue weighted by molar-refractivity contribution is 8.00.